The Bertz CT molecular complexity index is 742. The molecule has 1 atom stereocenters. The van der Waals surface area contributed by atoms with Crippen LogP contribution in [0, 0.1) is 0 Å². The van der Waals surface area contributed by atoms with Crippen molar-refractivity contribution in [1.82, 2.24) is 20.3 Å². The molecule has 0 bridgehead atoms. The van der Waals surface area contributed by atoms with Crippen LogP contribution in [0.2, 0.25) is 0 Å². The number of ether oxygens (including phenoxy) is 2. The molecular weight excluding hydrogens is 324 g/mol. The number of benzene rings is 1. The maximum Gasteiger partial charge on any atom is 0.334 e. The van der Waals surface area contributed by atoms with Crippen molar-refractivity contribution in [1.29, 1.82) is 0 Å². The molecule has 1 aromatic carbocycles. The van der Waals surface area contributed by atoms with E-state index in [0.29, 0.717) is 17.4 Å². The van der Waals surface area contributed by atoms with E-state index in [1.807, 2.05) is 18.2 Å². The van der Waals surface area contributed by atoms with Gasteiger partial charge in [-0.1, -0.05) is 31.2 Å². The van der Waals surface area contributed by atoms with Crippen molar-refractivity contribution in [2.24, 2.45) is 7.05 Å². The zero-order valence-corrected chi connectivity index (χ0v) is 14.7. The Morgan fingerprint density at radius 1 is 1.32 bits per heavy atom. The second-order valence-corrected chi connectivity index (χ2v) is 5.86. The number of aromatic nitrogens is 3. The van der Waals surface area contributed by atoms with Crippen LogP contribution in [0.25, 0.3) is 0 Å². The number of esters is 1. The first-order valence-corrected chi connectivity index (χ1v) is 7.87. The van der Waals surface area contributed by atoms with Crippen LogP contribution in [0.1, 0.15) is 37.1 Å². The summed E-state index contributed by atoms with van der Waals surface area (Å²) in [5, 5.41) is 10.2. The second-order valence-electron chi connectivity index (χ2n) is 5.86. The van der Waals surface area contributed by atoms with E-state index in [1.165, 1.54) is 18.0 Å². The zero-order chi connectivity index (χ0) is 18.4. The Kier molecular flexibility index (Phi) is 6.10. The van der Waals surface area contributed by atoms with E-state index >= 15 is 0 Å². The average Bonchev–Trinajstić information content (AvgIpc) is 3.03. The molecule has 1 N–H and O–H groups in total. The van der Waals surface area contributed by atoms with E-state index in [-0.39, 0.29) is 6.61 Å². The maximum absolute atomic E-state index is 12.1. The van der Waals surface area contributed by atoms with Crippen molar-refractivity contribution in [3.63, 3.8) is 0 Å². The Hall–Kier alpha value is -2.90. The highest BCUT2D eigenvalue weighted by Crippen LogP contribution is 2.20. The van der Waals surface area contributed by atoms with E-state index in [2.05, 4.69) is 29.5 Å². The number of methoxy groups -OCH3 is 1. The number of rotatable bonds is 7. The fraction of sp³-hybridized carbons (Fsp3) is 0.412. The van der Waals surface area contributed by atoms with Crippen molar-refractivity contribution < 1.29 is 19.1 Å². The summed E-state index contributed by atoms with van der Waals surface area (Å²) in [4.78, 5) is 24.0. The minimum Gasteiger partial charge on any atom is -0.484 e. The van der Waals surface area contributed by atoms with E-state index < -0.39 is 17.9 Å². The minimum atomic E-state index is -1.03. The number of nitrogens with one attached hydrogen (secondary N) is 1. The predicted molar refractivity (Wildman–Crippen MR) is 89.9 cm³/mol. The molecule has 25 heavy (non-hydrogen) atoms. The molecule has 134 valence electrons. The summed E-state index contributed by atoms with van der Waals surface area (Å²) in [6.45, 7) is 3.93. The Morgan fingerprint density at radius 2 is 2.08 bits per heavy atom. The number of aryl methyl sites for hydroxylation is 1. The van der Waals surface area contributed by atoms with E-state index in [0.717, 1.165) is 5.56 Å². The molecule has 0 fully saturated rings. The largest absolute Gasteiger partial charge is 0.484 e. The van der Waals surface area contributed by atoms with Gasteiger partial charge in [-0.15, -0.1) is 5.10 Å². The number of hydrogen-bond acceptors (Lipinski definition) is 6. The summed E-state index contributed by atoms with van der Waals surface area (Å²) in [5.41, 5.74) is 1.41. The molecule has 2 rings (SSSR count). The fourth-order valence-electron chi connectivity index (χ4n) is 2.18. The lowest BCUT2D eigenvalue weighted by Gasteiger charge is -2.15. The van der Waals surface area contributed by atoms with Gasteiger partial charge < -0.3 is 14.8 Å². The van der Waals surface area contributed by atoms with Gasteiger partial charge in [0.1, 0.15) is 11.4 Å². The first kappa shape index (κ1) is 18.4. The van der Waals surface area contributed by atoms with Gasteiger partial charge in [0, 0.05) is 7.05 Å². The van der Waals surface area contributed by atoms with Gasteiger partial charge in [0.25, 0.3) is 5.91 Å². The molecule has 1 heterocycles. The van der Waals surface area contributed by atoms with Gasteiger partial charge in [-0.2, -0.15) is 0 Å². The lowest BCUT2D eigenvalue weighted by atomic mass is 10.0. The first-order valence-electron chi connectivity index (χ1n) is 7.87. The minimum absolute atomic E-state index is 0.227. The van der Waals surface area contributed by atoms with Crippen molar-refractivity contribution in [3.05, 3.63) is 41.7 Å². The SMILES string of the molecule is COC(=O)C(NC(=O)COc1cccc(C(C)C)c1)c1cn(C)nn1. The highest BCUT2D eigenvalue weighted by Gasteiger charge is 2.26. The molecular formula is C17H22N4O4. The Labute approximate surface area is 146 Å². The summed E-state index contributed by atoms with van der Waals surface area (Å²) in [7, 11) is 2.91. The maximum atomic E-state index is 12.1. The smallest absolute Gasteiger partial charge is 0.334 e. The molecule has 1 unspecified atom stereocenters. The molecule has 1 aromatic heterocycles. The monoisotopic (exact) mass is 346 g/mol. The van der Waals surface area contributed by atoms with E-state index in [9.17, 15) is 9.59 Å². The molecule has 0 radical (unpaired) electrons. The van der Waals surface area contributed by atoms with Crippen molar-refractivity contribution in [2.75, 3.05) is 13.7 Å². The first-order chi connectivity index (χ1) is 11.9. The van der Waals surface area contributed by atoms with Crippen LogP contribution in [0.3, 0.4) is 0 Å². The molecule has 0 saturated carbocycles. The van der Waals surface area contributed by atoms with Crippen LogP contribution in [-0.4, -0.2) is 40.6 Å². The average molecular weight is 346 g/mol. The molecule has 0 spiro atoms. The van der Waals surface area contributed by atoms with E-state index in [1.54, 1.807) is 13.1 Å². The fourth-order valence-corrected chi connectivity index (χ4v) is 2.18. The topological polar surface area (TPSA) is 95.3 Å². The van der Waals surface area contributed by atoms with Gasteiger partial charge in [0.05, 0.1) is 13.3 Å². The molecule has 8 heteroatoms. The lowest BCUT2D eigenvalue weighted by molar-refractivity contribution is -0.145. The van der Waals surface area contributed by atoms with Crippen molar-refractivity contribution in [3.8, 4) is 5.75 Å². The number of amides is 1. The Morgan fingerprint density at radius 3 is 2.68 bits per heavy atom. The summed E-state index contributed by atoms with van der Waals surface area (Å²) < 4.78 is 11.7. The predicted octanol–water partition coefficient (Wildman–Crippen LogP) is 1.35. The summed E-state index contributed by atoms with van der Waals surface area (Å²) in [5.74, 6) is -0.139. The third kappa shape index (κ3) is 5.03. The normalized spacial score (nSPS) is 11.9. The number of nitrogens with zero attached hydrogens (tertiary/aromatic N) is 3. The zero-order valence-electron chi connectivity index (χ0n) is 14.7. The molecule has 0 aliphatic heterocycles. The number of hydrogen-bond donors (Lipinski definition) is 1. The summed E-state index contributed by atoms with van der Waals surface area (Å²) >= 11 is 0. The highest BCUT2D eigenvalue weighted by molar-refractivity contribution is 5.85. The van der Waals surface area contributed by atoms with Crippen LogP contribution in [0.5, 0.6) is 5.75 Å². The van der Waals surface area contributed by atoms with E-state index in [4.69, 9.17) is 9.47 Å². The van der Waals surface area contributed by atoms with Gasteiger partial charge in [0.15, 0.2) is 12.6 Å². The van der Waals surface area contributed by atoms with Crippen LogP contribution < -0.4 is 10.1 Å². The van der Waals surface area contributed by atoms with Crippen LogP contribution in [0.4, 0.5) is 0 Å². The lowest BCUT2D eigenvalue weighted by Crippen LogP contribution is -2.37. The molecule has 0 saturated heterocycles. The second kappa shape index (κ2) is 8.27. The molecule has 1 amide bonds. The molecule has 2 aromatic rings. The van der Waals surface area contributed by atoms with Gasteiger partial charge in [-0.3, -0.25) is 9.48 Å². The molecule has 0 aliphatic rings. The number of carbonyl (C=O) groups is 2. The van der Waals surface area contributed by atoms with Gasteiger partial charge >= 0.3 is 5.97 Å². The highest BCUT2D eigenvalue weighted by atomic mass is 16.5. The van der Waals surface area contributed by atoms with Gasteiger partial charge in [-0.05, 0) is 23.6 Å². The van der Waals surface area contributed by atoms with Crippen molar-refractivity contribution >= 4 is 11.9 Å². The van der Waals surface area contributed by atoms with Gasteiger partial charge in [-0.25, -0.2) is 4.79 Å². The van der Waals surface area contributed by atoms with Crippen LogP contribution >= 0.6 is 0 Å². The molecule has 8 nitrogen and oxygen atoms in total. The summed E-state index contributed by atoms with van der Waals surface area (Å²) in [6.07, 6.45) is 1.54. The van der Waals surface area contributed by atoms with Crippen LogP contribution in [-0.2, 0) is 21.4 Å². The molecule has 0 aliphatic carbocycles. The third-order valence-corrected chi connectivity index (χ3v) is 3.55. The quantitative estimate of drug-likeness (QED) is 0.760. The standard InChI is InChI=1S/C17H22N4O4/c1-11(2)12-6-5-7-13(8-12)25-10-15(22)18-16(17(23)24-4)14-9-21(3)20-19-14/h5-9,11,16H,10H2,1-4H3,(H,18,22). The van der Waals surface area contributed by atoms with Crippen LogP contribution in [0.15, 0.2) is 30.5 Å². The van der Waals surface area contributed by atoms with Gasteiger partial charge in [0.2, 0.25) is 0 Å². The third-order valence-electron chi connectivity index (χ3n) is 3.55. The number of carbonyl (C=O) groups excluding carboxylic acids is 2. The van der Waals surface area contributed by atoms with Crippen molar-refractivity contribution in [2.45, 2.75) is 25.8 Å². The Balaban J connectivity index is 1.99. The summed E-state index contributed by atoms with van der Waals surface area (Å²) in [6, 6.07) is 6.51.